The van der Waals surface area contributed by atoms with Crippen LogP contribution in [0.25, 0.3) is 0 Å². The van der Waals surface area contributed by atoms with E-state index in [1.165, 1.54) is 0 Å². The van der Waals surface area contributed by atoms with Crippen LogP contribution in [0.1, 0.15) is 80.6 Å². The predicted molar refractivity (Wildman–Crippen MR) is 147 cm³/mol. The van der Waals surface area contributed by atoms with Crippen LogP contribution < -0.4 is 10.6 Å². The molecule has 1 aromatic carbocycles. The number of ketones is 1. The molecule has 38 heavy (non-hydrogen) atoms. The van der Waals surface area contributed by atoms with E-state index in [-0.39, 0.29) is 36.2 Å². The summed E-state index contributed by atoms with van der Waals surface area (Å²) in [7, 11) is 0. The van der Waals surface area contributed by atoms with Gasteiger partial charge in [-0.25, -0.2) is 0 Å². The molecule has 3 heterocycles. The zero-order chi connectivity index (χ0) is 26.8. The van der Waals surface area contributed by atoms with Gasteiger partial charge in [-0.3, -0.25) is 19.3 Å². The predicted octanol–water partition coefficient (Wildman–Crippen LogP) is 3.19. The van der Waals surface area contributed by atoms with Crippen molar-refractivity contribution in [3.63, 3.8) is 0 Å². The molecule has 0 bridgehead atoms. The molecule has 2 N–H and O–H groups in total. The number of amides is 2. The van der Waals surface area contributed by atoms with Crippen molar-refractivity contribution in [2.45, 2.75) is 76.9 Å². The summed E-state index contributed by atoms with van der Waals surface area (Å²) in [6, 6.07) is 5.35. The monoisotopic (exact) mass is 524 g/mol. The van der Waals surface area contributed by atoms with Gasteiger partial charge in [-0.1, -0.05) is 33.1 Å². The first-order valence-electron chi connectivity index (χ1n) is 14.8. The zero-order valence-electron chi connectivity index (χ0n) is 23.1. The van der Waals surface area contributed by atoms with Crippen molar-refractivity contribution >= 4 is 23.3 Å². The minimum absolute atomic E-state index is 0.000880. The highest BCUT2D eigenvalue weighted by atomic mass is 16.5. The molecular weight excluding hydrogens is 480 g/mol. The summed E-state index contributed by atoms with van der Waals surface area (Å²) >= 11 is 0. The Kier molecular flexibility index (Phi) is 8.38. The van der Waals surface area contributed by atoms with Crippen molar-refractivity contribution in [3.05, 3.63) is 29.3 Å². The van der Waals surface area contributed by atoms with E-state index in [1.807, 2.05) is 17.0 Å². The second-order valence-electron chi connectivity index (χ2n) is 11.7. The maximum atomic E-state index is 14.5. The van der Waals surface area contributed by atoms with Crippen LogP contribution >= 0.6 is 0 Å². The summed E-state index contributed by atoms with van der Waals surface area (Å²) in [6.07, 6.45) is 6.89. The summed E-state index contributed by atoms with van der Waals surface area (Å²) in [5, 5.41) is 0. The van der Waals surface area contributed by atoms with Crippen LogP contribution in [0.2, 0.25) is 0 Å². The fourth-order valence-corrected chi connectivity index (χ4v) is 7.44. The van der Waals surface area contributed by atoms with Gasteiger partial charge in [-0.2, -0.15) is 0 Å². The molecule has 1 saturated carbocycles. The first-order valence-corrected chi connectivity index (χ1v) is 14.8. The third-order valence-electron chi connectivity index (χ3n) is 9.28. The molecule has 2 amide bonds. The van der Waals surface area contributed by atoms with E-state index in [0.29, 0.717) is 12.1 Å². The second-order valence-corrected chi connectivity index (χ2v) is 11.7. The molecule has 3 saturated heterocycles. The van der Waals surface area contributed by atoms with Crippen LogP contribution in [0.5, 0.6) is 0 Å². The number of nitrogens with zero attached hydrogens (tertiary/aromatic N) is 3. The Balaban J connectivity index is 1.49. The smallest absolute Gasteiger partial charge is 0.249 e. The lowest BCUT2D eigenvalue weighted by Gasteiger charge is -2.37. The molecule has 1 aromatic rings. The number of hydrogen-bond acceptors (Lipinski definition) is 6. The molecule has 1 aliphatic carbocycles. The van der Waals surface area contributed by atoms with Crippen LogP contribution in [-0.4, -0.2) is 85.4 Å². The Morgan fingerprint density at radius 2 is 1.82 bits per heavy atom. The topological polar surface area (TPSA) is 96.2 Å². The Morgan fingerprint density at radius 3 is 2.47 bits per heavy atom. The number of carbonyl (C=O) groups excluding carboxylic acids is 3. The quantitative estimate of drug-likeness (QED) is 0.533. The average Bonchev–Trinajstić information content (AvgIpc) is 3.65. The highest BCUT2D eigenvalue weighted by molar-refractivity contribution is 5.99. The number of likely N-dealkylation sites (tertiary alicyclic amines) is 1. The highest BCUT2D eigenvalue weighted by Crippen LogP contribution is 2.44. The molecule has 0 unspecified atom stereocenters. The molecular formula is C30H44N4O4. The molecule has 4 aliphatic rings. The number of carbonyl (C=O) groups is 3. The average molecular weight is 525 g/mol. The Hall–Kier alpha value is -2.45. The second kappa shape index (κ2) is 11.7. The molecule has 0 aromatic heterocycles. The summed E-state index contributed by atoms with van der Waals surface area (Å²) < 4.78 is 5.90. The van der Waals surface area contributed by atoms with E-state index in [1.54, 1.807) is 0 Å². The molecule has 3 aliphatic heterocycles. The molecule has 8 heteroatoms. The van der Waals surface area contributed by atoms with Gasteiger partial charge in [-0.15, -0.1) is 0 Å². The molecule has 0 spiro atoms. The minimum atomic E-state index is -0.505. The Labute approximate surface area is 226 Å². The van der Waals surface area contributed by atoms with Crippen molar-refractivity contribution in [3.8, 4) is 0 Å². The minimum Gasteiger partial charge on any atom is -0.369 e. The lowest BCUT2D eigenvalue weighted by atomic mass is 9.80. The van der Waals surface area contributed by atoms with Crippen LogP contribution in [0, 0.1) is 11.8 Å². The van der Waals surface area contributed by atoms with Crippen LogP contribution in [-0.2, 0) is 14.3 Å². The van der Waals surface area contributed by atoms with Crippen molar-refractivity contribution in [2.24, 2.45) is 17.6 Å². The number of anilines is 1. The summed E-state index contributed by atoms with van der Waals surface area (Å²) in [4.78, 5) is 46.7. The normalized spacial score (nSPS) is 27.2. The number of nitrogens with two attached hydrogens (primary N) is 1. The number of ether oxygens (including phenoxy) is 1. The van der Waals surface area contributed by atoms with Crippen LogP contribution in [0.3, 0.4) is 0 Å². The molecule has 8 nitrogen and oxygen atoms in total. The van der Waals surface area contributed by atoms with Crippen LogP contribution in [0.4, 0.5) is 5.69 Å². The maximum Gasteiger partial charge on any atom is 0.249 e. The van der Waals surface area contributed by atoms with Crippen molar-refractivity contribution in [1.29, 1.82) is 0 Å². The van der Waals surface area contributed by atoms with E-state index in [2.05, 4.69) is 29.7 Å². The SMILES string of the molecule is CCC[C@@H]1CN(C(=O)[C@H](c2cc(N3CCN(CCC)CC3)ccc2C(N)=O)C2CCCC2)[C@@H]2C(=O)CO[C@H]12. The third kappa shape index (κ3) is 5.22. The highest BCUT2D eigenvalue weighted by Gasteiger charge is 2.53. The number of primary amides is 1. The summed E-state index contributed by atoms with van der Waals surface area (Å²) in [6.45, 7) is 9.91. The van der Waals surface area contributed by atoms with Gasteiger partial charge in [0.2, 0.25) is 11.8 Å². The molecule has 208 valence electrons. The van der Waals surface area contributed by atoms with Gasteiger partial charge in [0.25, 0.3) is 0 Å². The Morgan fingerprint density at radius 1 is 1.08 bits per heavy atom. The van der Waals surface area contributed by atoms with Crippen molar-refractivity contribution in [1.82, 2.24) is 9.80 Å². The van der Waals surface area contributed by atoms with E-state index in [9.17, 15) is 14.4 Å². The lowest BCUT2D eigenvalue weighted by Crippen LogP contribution is -2.47. The van der Waals surface area contributed by atoms with Gasteiger partial charge in [0.1, 0.15) is 12.6 Å². The van der Waals surface area contributed by atoms with Gasteiger partial charge in [-0.05, 0) is 61.9 Å². The standard InChI is InChI=1S/C30H44N4O4/c1-3-7-21-18-34(27-25(35)19-38-28(21)27)30(37)26(20-8-5-6-9-20)24-17-22(10-11-23(24)29(31)36)33-15-13-32(12-4-2)14-16-33/h10-11,17,20-21,26-28H,3-9,12-16,18-19H2,1-2H3,(H2,31,36)/t21-,26+,27-,28-/m1/s1. The largest absolute Gasteiger partial charge is 0.369 e. The van der Waals surface area contributed by atoms with Gasteiger partial charge in [0.15, 0.2) is 5.78 Å². The summed E-state index contributed by atoms with van der Waals surface area (Å²) in [5.74, 6) is -0.698. The lowest BCUT2D eigenvalue weighted by molar-refractivity contribution is -0.138. The number of benzene rings is 1. The van der Waals surface area contributed by atoms with Gasteiger partial charge >= 0.3 is 0 Å². The summed E-state index contributed by atoms with van der Waals surface area (Å²) in [5.41, 5.74) is 8.11. The van der Waals surface area contributed by atoms with Gasteiger partial charge in [0.05, 0.1) is 12.0 Å². The van der Waals surface area contributed by atoms with E-state index in [4.69, 9.17) is 10.5 Å². The third-order valence-corrected chi connectivity index (χ3v) is 9.28. The number of fused-ring (bicyclic) bond motifs is 1. The number of piperazine rings is 1. The first-order chi connectivity index (χ1) is 18.4. The van der Waals surface area contributed by atoms with E-state index < -0.39 is 17.9 Å². The fraction of sp³-hybridized carbons (Fsp3) is 0.700. The van der Waals surface area contributed by atoms with Crippen LogP contribution in [0.15, 0.2) is 18.2 Å². The number of Topliss-reactive ketones (excluding diaryl/α,β-unsaturated/α-hetero) is 1. The Bertz CT molecular complexity index is 1030. The van der Waals surface area contributed by atoms with Crippen molar-refractivity contribution in [2.75, 3.05) is 50.8 Å². The molecule has 5 rings (SSSR count). The van der Waals surface area contributed by atoms with Crippen molar-refractivity contribution < 1.29 is 19.1 Å². The molecule has 4 atom stereocenters. The molecule has 0 radical (unpaired) electrons. The molecule has 4 fully saturated rings. The van der Waals surface area contributed by atoms with E-state index in [0.717, 1.165) is 88.9 Å². The van der Waals surface area contributed by atoms with Gasteiger partial charge < -0.3 is 20.3 Å². The van der Waals surface area contributed by atoms with Gasteiger partial charge in [0, 0.05) is 49.9 Å². The fourth-order valence-electron chi connectivity index (χ4n) is 7.44. The number of hydrogen-bond donors (Lipinski definition) is 1. The number of rotatable bonds is 9. The zero-order valence-corrected chi connectivity index (χ0v) is 23.1. The van der Waals surface area contributed by atoms with E-state index >= 15 is 0 Å². The maximum absolute atomic E-state index is 14.5. The first kappa shape index (κ1) is 27.1.